The lowest BCUT2D eigenvalue weighted by Crippen LogP contribution is -2.37. The number of anilines is 1. The normalized spacial score (nSPS) is 17.3. The quantitative estimate of drug-likeness (QED) is 0.469. The van der Waals surface area contributed by atoms with E-state index in [9.17, 15) is 10.1 Å². The Kier molecular flexibility index (Phi) is 4.87. The SMILES string of the molecule is COc1c2c(cc3c1C(Nc1nc(-c4ccc([N+](=O)[O-])cc4)cs1)N(C)CC3)OCO2. The molecule has 5 rings (SSSR count). The Morgan fingerprint density at radius 3 is 2.87 bits per heavy atom. The van der Waals surface area contributed by atoms with Gasteiger partial charge in [-0.15, -0.1) is 11.3 Å². The fourth-order valence-corrected chi connectivity index (χ4v) is 4.70. The van der Waals surface area contributed by atoms with E-state index >= 15 is 0 Å². The number of thiazole rings is 1. The van der Waals surface area contributed by atoms with Gasteiger partial charge in [0.25, 0.3) is 5.69 Å². The number of rotatable bonds is 5. The molecule has 0 saturated heterocycles. The van der Waals surface area contributed by atoms with Crippen molar-refractivity contribution in [2.75, 3.05) is 32.8 Å². The number of nitro benzene ring substituents is 1. The Balaban J connectivity index is 1.46. The zero-order chi connectivity index (χ0) is 21.5. The minimum Gasteiger partial charge on any atom is -0.492 e. The zero-order valence-corrected chi connectivity index (χ0v) is 17.8. The van der Waals surface area contributed by atoms with Crippen LogP contribution in [-0.2, 0) is 6.42 Å². The van der Waals surface area contributed by atoms with Crippen LogP contribution >= 0.6 is 11.3 Å². The Hall–Kier alpha value is -3.37. The molecule has 1 atom stereocenters. The number of nitro groups is 1. The van der Waals surface area contributed by atoms with Crippen LogP contribution in [0.15, 0.2) is 35.7 Å². The maximum atomic E-state index is 10.9. The molecule has 0 aliphatic carbocycles. The van der Waals surface area contributed by atoms with Crippen LogP contribution in [0.2, 0.25) is 0 Å². The maximum absolute atomic E-state index is 10.9. The standard InChI is InChI=1S/C21H20N4O5S/c1-24-8-7-13-9-16-18(30-11-29-16)19(28-2)17(13)20(24)23-21-22-15(10-31-21)12-3-5-14(6-4-12)25(26)27/h3-6,9-10,20H,7-8,11H2,1-2H3,(H,22,23). The van der Waals surface area contributed by atoms with Gasteiger partial charge < -0.3 is 19.5 Å². The van der Waals surface area contributed by atoms with Gasteiger partial charge in [0.05, 0.1) is 17.7 Å². The van der Waals surface area contributed by atoms with Crippen molar-refractivity contribution in [2.24, 2.45) is 0 Å². The van der Waals surface area contributed by atoms with Crippen molar-refractivity contribution in [1.82, 2.24) is 9.88 Å². The highest BCUT2D eigenvalue weighted by Gasteiger charge is 2.34. The molecule has 0 amide bonds. The van der Waals surface area contributed by atoms with E-state index in [1.54, 1.807) is 19.2 Å². The van der Waals surface area contributed by atoms with Crippen molar-refractivity contribution in [1.29, 1.82) is 0 Å². The third-order valence-electron chi connectivity index (χ3n) is 5.53. The van der Waals surface area contributed by atoms with Gasteiger partial charge in [-0.1, -0.05) is 0 Å². The predicted octanol–water partition coefficient (Wildman–Crippen LogP) is 4.05. The summed E-state index contributed by atoms with van der Waals surface area (Å²) >= 11 is 1.48. The van der Waals surface area contributed by atoms with Gasteiger partial charge in [-0.3, -0.25) is 15.0 Å². The van der Waals surface area contributed by atoms with Crippen molar-refractivity contribution in [2.45, 2.75) is 12.6 Å². The number of hydrogen-bond donors (Lipinski definition) is 1. The number of benzene rings is 2. The van der Waals surface area contributed by atoms with E-state index in [-0.39, 0.29) is 18.6 Å². The molecule has 0 spiro atoms. The highest BCUT2D eigenvalue weighted by atomic mass is 32.1. The number of aromatic nitrogens is 1. The number of non-ortho nitro benzene ring substituents is 1. The van der Waals surface area contributed by atoms with Crippen LogP contribution in [0.5, 0.6) is 17.2 Å². The number of methoxy groups -OCH3 is 1. The Morgan fingerprint density at radius 1 is 1.32 bits per heavy atom. The summed E-state index contributed by atoms with van der Waals surface area (Å²) in [7, 11) is 3.69. The fraction of sp³-hybridized carbons (Fsp3) is 0.286. The lowest BCUT2D eigenvalue weighted by molar-refractivity contribution is -0.384. The lowest BCUT2D eigenvalue weighted by Gasteiger charge is -2.36. The Bertz CT molecular complexity index is 1150. The van der Waals surface area contributed by atoms with Gasteiger partial charge in [0.15, 0.2) is 16.6 Å². The second kappa shape index (κ2) is 7.71. The summed E-state index contributed by atoms with van der Waals surface area (Å²) in [5, 5.41) is 17.1. The van der Waals surface area contributed by atoms with E-state index in [2.05, 4.69) is 17.3 Å². The summed E-state index contributed by atoms with van der Waals surface area (Å²) in [5.41, 5.74) is 3.83. The van der Waals surface area contributed by atoms with Crippen LogP contribution in [0.3, 0.4) is 0 Å². The molecular formula is C21H20N4O5S. The van der Waals surface area contributed by atoms with Crippen LogP contribution < -0.4 is 19.5 Å². The molecule has 0 fully saturated rings. The van der Waals surface area contributed by atoms with E-state index in [0.29, 0.717) is 17.2 Å². The third kappa shape index (κ3) is 3.43. The highest BCUT2D eigenvalue weighted by Crippen LogP contribution is 2.49. The van der Waals surface area contributed by atoms with Crippen molar-refractivity contribution in [3.05, 3.63) is 57.0 Å². The summed E-state index contributed by atoms with van der Waals surface area (Å²) in [6.07, 6.45) is 0.729. The van der Waals surface area contributed by atoms with Crippen molar-refractivity contribution in [3.63, 3.8) is 0 Å². The summed E-state index contributed by atoms with van der Waals surface area (Å²) < 4.78 is 17.0. The summed E-state index contributed by atoms with van der Waals surface area (Å²) in [4.78, 5) is 17.4. The monoisotopic (exact) mass is 440 g/mol. The van der Waals surface area contributed by atoms with Gasteiger partial charge in [-0.05, 0) is 37.2 Å². The molecule has 160 valence electrons. The molecule has 2 aliphatic rings. The average Bonchev–Trinajstić information content (AvgIpc) is 3.44. The van der Waals surface area contributed by atoms with Crippen molar-refractivity contribution < 1.29 is 19.1 Å². The summed E-state index contributed by atoms with van der Waals surface area (Å²) in [5.74, 6) is 2.03. The molecule has 0 bridgehead atoms. The summed E-state index contributed by atoms with van der Waals surface area (Å²) in [6.45, 7) is 1.06. The number of fused-ring (bicyclic) bond motifs is 2. The van der Waals surface area contributed by atoms with Crippen molar-refractivity contribution in [3.8, 4) is 28.5 Å². The van der Waals surface area contributed by atoms with Crippen LogP contribution in [-0.4, -0.2) is 42.3 Å². The van der Waals surface area contributed by atoms with E-state index in [1.165, 1.54) is 23.5 Å². The zero-order valence-electron chi connectivity index (χ0n) is 17.0. The van der Waals surface area contributed by atoms with Gasteiger partial charge >= 0.3 is 0 Å². The van der Waals surface area contributed by atoms with Gasteiger partial charge in [0, 0.05) is 35.2 Å². The number of ether oxygens (including phenoxy) is 3. The number of nitrogens with zero attached hydrogens (tertiary/aromatic N) is 3. The van der Waals surface area contributed by atoms with E-state index in [4.69, 9.17) is 19.2 Å². The minimum absolute atomic E-state index is 0.0589. The smallest absolute Gasteiger partial charge is 0.269 e. The Morgan fingerprint density at radius 2 is 2.13 bits per heavy atom. The molecule has 3 aromatic rings. The summed E-state index contributed by atoms with van der Waals surface area (Å²) in [6, 6.07) is 8.43. The van der Waals surface area contributed by atoms with Gasteiger partial charge in [-0.2, -0.15) is 0 Å². The minimum atomic E-state index is -0.410. The molecule has 0 radical (unpaired) electrons. The number of nitrogens with one attached hydrogen (secondary N) is 1. The van der Waals surface area contributed by atoms with E-state index in [1.807, 2.05) is 11.4 Å². The van der Waals surface area contributed by atoms with Gasteiger partial charge in [0.1, 0.15) is 6.17 Å². The van der Waals surface area contributed by atoms with E-state index in [0.717, 1.165) is 40.5 Å². The lowest BCUT2D eigenvalue weighted by atomic mass is 9.95. The Labute approximate surface area is 182 Å². The predicted molar refractivity (Wildman–Crippen MR) is 116 cm³/mol. The number of likely N-dealkylation sites (N-methyl/N-ethyl adjacent to an activating group) is 1. The van der Waals surface area contributed by atoms with Crippen LogP contribution in [0.25, 0.3) is 11.3 Å². The second-order valence-electron chi connectivity index (χ2n) is 7.34. The molecule has 1 unspecified atom stereocenters. The molecule has 2 aliphatic heterocycles. The first-order valence-electron chi connectivity index (χ1n) is 9.71. The van der Waals surface area contributed by atoms with Crippen LogP contribution in [0, 0.1) is 10.1 Å². The number of hydrogen-bond acceptors (Lipinski definition) is 9. The molecular weight excluding hydrogens is 420 g/mol. The molecule has 10 heteroatoms. The molecule has 2 aromatic carbocycles. The largest absolute Gasteiger partial charge is 0.492 e. The molecule has 0 saturated carbocycles. The molecule has 1 aromatic heterocycles. The molecule has 9 nitrogen and oxygen atoms in total. The van der Waals surface area contributed by atoms with Crippen LogP contribution in [0.1, 0.15) is 17.3 Å². The first kappa shape index (κ1) is 19.6. The van der Waals surface area contributed by atoms with Crippen LogP contribution in [0.4, 0.5) is 10.8 Å². The first-order chi connectivity index (χ1) is 15.0. The van der Waals surface area contributed by atoms with Crippen molar-refractivity contribution >= 4 is 22.2 Å². The fourth-order valence-electron chi connectivity index (χ4n) is 3.96. The molecule has 1 N–H and O–H groups in total. The highest BCUT2D eigenvalue weighted by molar-refractivity contribution is 7.14. The second-order valence-corrected chi connectivity index (χ2v) is 8.19. The van der Waals surface area contributed by atoms with Gasteiger partial charge in [-0.25, -0.2) is 4.98 Å². The molecule has 3 heterocycles. The first-order valence-corrected chi connectivity index (χ1v) is 10.6. The molecule has 31 heavy (non-hydrogen) atoms. The average molecular weight is 440 g/mol. The van der Waals surface area contributed by atoms with Gasteiger partial charge in [0.2, 0.25) is 12.5 Å². The third-order valence-corrected chi connectivity index (χ3v) is 6.31. The topological polar surface area (TPSA) is 99.0 Å². The maximum Gasteiger partial charge on any atom is 0.269 e. The van der Waals surface area contributed by atoms with E-state index < -0.39 is 4.92 Å².